The Morgan fingerprint density at radius 2 is 2.19 bits per heavy atom. The zero-order chi connectivity index (χ0) is 22.0. The van der Waals surface area contributed by atoms with Crippen molar-refractivity contribution in [1.29, 1.82) is 0 Å². The molecule has 0 bridgehead atoms. The second-order valence-corrected chi connectivity index (χ2v) is 8.64. The van der Waals surface area contributed by atoms with Crippen molar-refractivity contribution in [3.63, 3.8) is 0 Å². The Labute approximate surface area is 182 Å². The fraction of sp³-hybridized carbons (Fsp3) is 0.409. The Balaban J connectivity index is 1.29. The number of fused-ring (bicyclic) bond motifs is 3. The van der Waals surface area contributed by atoms with E-state index in [9.17, 15) is 13.6 Å². The Kier molecular flexibility index (Phi) is 4.32. The Bertz CT molecular complexity index is 1210. The van der Waals surface area contributed by atoms with E-state index in [1.807, 2.05) is 24.0 Å². The maximum Gasteiger partial charge on any atom is 0.261 e. The number of carbonyl (C=O) groups excluding carboxylic acids is 1. The number of aromatic nitrogens is 3. The lowest BCUT2D eigenvalue weighted by Gasteiger charge is -2.63. The molecule has 0 radical (unpaired) electrons. The highest BCUT2D eigenvalue weighted by atomic mass is 19.3. The number of likely N-dealkylation sites (tertiary alicyclic amines) is 1. The van der Waals surface area contributed by atoms with Crippen LogP contribution in [0.1, 0.15) is 22.8 Å². The monoisotopic (exact) mass is 440 g/mol. The molecule has 1 amide bonds. The summed E-state index contributed by atoms with van der Waals surface area (Å²) >= 11 is 0. The van der Waals surface area contributed by atoms with Gasteiger partial charge < -0.3 is 15.0 Å². The topological polar surface area (TPSA) is 75.0 Å². The van der Waals surface area contributed by atoms with Crippen molar-refractivity contribution in [2.45, 2.75) is 38.0 Å². The number of anilines is 2. The van der Waals surface area contributed by atoms with E-state index < -0.39 is 6.43 Å². The summed E-state index contributed by atoms with van der Waals surface area (Å²) < 4.78 is 33.0. The number of nitrogens with zero attached hydrogens (tertiary/aromatic N) is 5. The van der Waals surface area contributed by atoms with Gasteiger partial charge in [-0.05, 0) is 19.1 Å². The van der Waals surface area contributed by atoms with E-state index in [4.69, 9.17) is 4.74 Å². The van der Waals surface area contributed by atoms with Crippen LogP contribution in [0.25, 0.3) is 5.65 Å². The number of ether oxygens (including phenoxy) is 1. The molecule has 3 unspecified atom stereocenters. The van der Waals surface area contributed by atoms with Crippen LogP contribution in [0.5, 0.6) is 5.75 Å². The summed E-state index contributed by atoms with van der Waals surface area (Å²) in [7, 11) is 0. The van der Waals surface area contributed by atoms with Crippen LogP contribution in [0, 0.1) is 0 Å². The quantitative estimate of drug-likeness (QED) is 0.657. The van der Waals surface area contributed by atoms with Gasteiger partial charge in [0.15, 0.2) is 5.65 Å². The summed E-state index contributed by atoms with van der Waals surface area (Å²) in [6, 6.07) is 5.98. The predicted octanol–water partition coefficient (Wildman–Crippen LogP) is 2.44. The van der Waals surface area contributed by atoms with Gasteiger partial charge in [-0.15, -0.1) is 0 Å². The van der Waals surface area contributed by atoms with Gasteiger partial charge in [-0.2, -0.15) is 5.10 Å². The summed E-state index contributed by atoms with van der Waals surface area (Å²) in [4.78, 5) is 21.4. The van der Waals surface area contributed by atoms with Crippen molar-refractivity contribution in [3.8, 4) is 5.75 Å². The lowest BCUT2D eigenvalue weighted by atomic mass is 9.84. The number of benzene rings is 1. The van der Waals surface area contributed by atoms with Gasteiger partial charge in [0, 0.05) is 49.6 Å². The Hall–Kier alpha value is -3.27. The van der Waals surface area contributed by atoms with Crippen LogP contribution in [0.4, 0.5) is 20.2 Å². The van der Waals surface area contributed by atoms with Gasteiger partial charge in [0.2, 0.25) is 0 Å². The molecule has 6 rings (SSSR count). The normalized spacial score (nSPS) is 24.0. The van der Waals surface area contributed by atoms with Gasteiger partial charge in [-0.3, -0.25) is 9.69 Å². The third-order valence-corrected chi connectivity index (χ3v) is 6.59. The number of rotatable bonds is 5. The number of carbonyl (C=O) groups is 1. The minimum Gasteiger partial charge on any atom is -0.490 e. The minimum atomic E-state index is -2.32. The first-order valence-electron chi connectivity index (χ1n) is 10.7. The van der Waals surface area contributed by atoms with Crippen LogP contribution >= 0.6 is 0 Å². The van der Waals surface area contributed by atoms with Crippen molar-refractivity contribution >= 4 is 22.9 Å². The van der Waals surface area contributed by atoms with Crippen molar-refractivity contribution in [3.05, 3.63) is 47.9 Å². The first kappa shape index (κ1) is 19.4. The second-order valence-electron chi connectivity index (χ2n) is 8.64. The third kappa shape index (κ3) is 3.01. The van der Waals surface area contributed by atoms with E-state index in [1.54, 1.807) is 23.0 Å². The molecule has 2 saturated heterocycles. The lowest BCUT2D eigenvalue weighted by Crippen LogP contribution is -2.79. The molecular formula is C22H22F2N6O2. The maximum absolute atomic E-state index is 13.1. The zero-order valence-corrected chi connectivity index (χ0v) is 17.4. The van der Waals surface area contributed by atoms with E-state index in [0.717, 1.165) is 23.4 Å². The van der Waals surface area contributed by atoms with E-state index in [-0.39, 0.29) is 30.6 Å². The molecule has 32 heavy (non-hydrogen) atoms. The van der Waals surface area contributed by atoms with E-state index in [0.29, 0.717) is 30.0 Å². The summed E-state index contributed by atoms with van der Waals surface area (Å²) in [5.41, 5.74) is 3.45. The number of amides is 1. The van der Waals surface area contributed by atoms with Crippen LogP contribution in [0.3, 0.4) is 0 Å². The molecule has 3 aliphatic rings. The van der Waals surface area contributed by atoms with Crippen molar-refractivity contribution < 1.29 is 18.3 Å². The molecule has 166 valence electrons. The van der Waals surface area contributed by atoms with Crippen LogP contribution < -0.4 is 15.0 Å². The average molecular weight is 440 g/mol. The standard InChI is InChI=1S/C22H22F2N6O2/c1-12-5-13-6-15(27-22(31)14-8-26-30-4-2-3-25-21(14)30)16(7-19(13)32-12)29-10-17-18(29)9-28(17)11-20(23)24/h2-4,6-8,12,17-18,20H,5,9-11H2,1H3,(H,27,31). The molecular weight excluding hydrogens is 418 g/mol. The van der Waals surface area contributed by atoms with E-state index in [2.05, 4.69) is 20.3 Å². The lowest BCUT2D eigenvalue weighted by molar-refractivity contribution is -0.0309. The number of piperazine rings is 1. The van der Waals surface area contributed by atoms with Gasteiger partial charge in [-0.25, -0.2) is 18.3 Å². The van der Waals surface area contributed by atoms with Crippen LogP contribution in [0.15, 0.2) is 36.8 Å². The molecule has 1 aromatic carbocycles. The number of hydrogen-bond acceptors (Lipinski definition) is 6. The molecule has 3 aromatic rings. The largest absolute Gasteiger partial charge is 0.490 e. The molecule has 3 atom stereocenters. The fourth-order valence-electron chi connectivity index (χ4n) is 4.98. The highest BCUT2D eigenvalue weighted by Crippen LogP contribution is 2.45. The highest BCUT2D eigenvalue weighted by molar-refractivity contribution is 6.09. The SMILES string of the molecule is CC1Cc2cc(NC(=O)c3cnn4cccnc34)c(N3CC4C3CN4CC(F)F)cc2O1. The number of halogens is 2. The van der Waals surface area contributed by atoms with Gasteiger partial charge in [-0.1, -0.05) is 0 Å². The molecule has 5 heterocycles. The van der Waals surface area contributed by atoms with Gasteiger partial charge in [0.05, 0.1) is 30.2 Å². The second kappa shape index (κ2) is 7.13. The Morgan fingerprint density at radius 1 is 1.31 bits per heavy atom. The Morgan fingerprint density at radius 3 is 2.97 bits per heavy atom. The average Bonchev–Trinajstić information content (AvgIpc) is 3.33. The molecule has 1 N–H and O–H groups in total. The molecule has 0 saturated carbocycles. The summed E-state index contributed by atoms with van der Waals surface area (Å²) in [5, 5.41) is 7.23. The number of nitrogens with one attached hydrogen (secondary N) is 1. The fourth-order valence-corrected chi connectivity index (χ4v) is 4.98. The minimum absolute atomic E-state index is 0.0713. The zero-order valence-electron chi connectivity index (χ0n) is 17.4. The predicted molar refractivity (Wildman–Crippen MR) is 114 cm³/mol. The molecule has 0 aliphatic carbocycles. The molecule has 0 spiro atoms. The number of hydrogen-bond donors (Lipinski definition) is 1. The molecule has 8 nitrogen and oxygen atoms in total. The number of alkyl halides is 2. The van der Waals surface area contributed by atoms with Crippen LogP contribution in [0.2, 0.25) is 0 Å². The summed E-state index contributed by atoms with van der Waals surface area (Å²) in [6.07, 6.45) is 3.38. The van der Waals surface area contributed by atoms with Gasteiger partial charge in [0.1, 0.15) is 17.4 Å². The third-order valence-electron chi connectivity index (χ3n) is 6.59. The van der Waals surface area contributed by atoms with Crippen molar-refractivity contribution in [2.75, 3.05) is 29.9 Å². The first-order valence-corrected chi connectivity index (χ1v) is 10.7. The first-order chi connectivity index (χ1) is 15.5. The van der Waals surface area contributed by atoms with Crippen molar-refractivity contribution in [2.24, 2.45) is 0 Å². The van der Waals surface area contributed by atoms with Crippen molar-refractivity contribution in [1.82, 2.24) is 19.5 Å². The van der Waals surface area contributed by atoms with Crippen LogP contribution in [-0.2, 0) is 6.42 Å². The molecule has 3 aliphatic heterocycles. The molecule has 2 aromatic heterocycles. The van der Waals surface area contributed by atoms with E-state index >= 15 is 0 Å². The smallest absolute Gasteiger partial charge is 0.261 e. The van der Waals surface area contributed by atoms with Crippen LogP contribution in [-0.4, -0.2) is 69.7 Å². The summed E-state index contributed by atoms with van der Waals surface area (Å²) in [5.74, 6) is 0.521. The summed E-state index contributed by atoms with van der Waals surface area (Å²) in [6.45, 7) is 3.06. The maximum atomic E-state index is 13.1. The van der Waals surface area contributed by atoms with Gasteiger partial charge in [0.25, 0.3) is 12.3 Å². The van der Waals surface area contributed by atoms with E-state index in [1.165, 1.54) is 6.20 Å². The highest BCUT2D eigenvalue weighted by Gasteiger charge is 2.52. The molecule has 2 fully saturated rings. The molecule has 10 heteroatoms. The van der Waals surface area contributed by atoms with Gasteiger partial charge >= 0.3 is 0 Å².